The first kappa shape index (κ1) is 15.3. The highest BCUT2D eigenvalue weighted by molar-refractivity contribution is 6.35. The molecule has 0 aliphatic carbocycles. The molecule has 0 spiro atoms. The summed E-state index contributed by atoms with van der Waals surface area (Å²) in [7, 11) is 0. The Bertz CT molecular complexity index is 687. The highest BCUT2D eigenvalue weighted by Crippen LogP contribution is 2.25. The second-order valence-electron chi connectivity index (χ2n) is 4.27. The van der Waals surface area contributed by atoms with Crippen molar-refractivity contribution >= 4 is 40.5 Å². The van der Waals surface area contributed by atoms with Crippen molar-refractivity contribution < 1.29 is 9.72 Å². The van der Waals surface area contributed by atoms with E-state index in [1.165, 1.54) is 24.3 Å². The van der Waals surface area contributed by atoms with E-state index in [2.05, 4.69) is 5.32 Å². The molecule has 5 nitrogen and oxygen atoms in total. The molecule has 2 rings (SSSR count). The predicted molar refractivity (Wildman–Crippen MR) is 81.9 cm³/mol. The zero-order valence-corrected chi connectivity index (χ0v) is 12.2. The standard InChI is InChI=1S/C14H10Cl2N2O3/c15-10-3-6-12(16)13(8-10)17-14(19)7-9-1-4-11(5-2-9)18(20)21/h1-6,8H,7H2,(H,17,19). The van der Waals surface area contributed by atoms with Gasteiger partial charge in [0.2, 0.25) is 5.91 Å². The summed E-state index contributed by atoms with van der Waals surface area (Å²) in [5, 5.41) is 14.0. The molecule has 0 unspecified atom stereocenters. The van der Waals surface area contributed by atoms with E-state index in [1.54, 1.807) is 18.2 Å². The molecule has 0 atom stereocenters. The number of amides is 1. The Hall–Kier alpha value is -2.11. The maximum Gasteiger partial charge on any atom is 0.269 e. The van der Waals surface area contributed by atoms with Crippen molar-refractivity contribution in [3.63, 3.8) is 0 Å². The van der Waals surface area contributed by atoms with Crippen molar-refractivity contribution in [2.45, 2.75) is 6.42 Å². The average Bonchev–Trinajstić information content (AvgIpc) is 2.43. The zero-order chi connectivity index (χ0) is 15.4. The predicted octanol–water partition coefficient (Wildman–Crippen LogP) is 4.08. The Morgan fingerprint density at radius 1 is 1.14 bits per heavy atom. The molecule has 0 radical (unpaired) electrons. The van der Waals surface area contributed by atoms with Crippen molar-refractivity contribution in [2.75, 3.05) is 5.32 Å². The van der Waals surface area contributed by atoms with Crippen LogP contribution in [-0.4, -0.2) is 10.8 Å². The first-order valence-corrected chi connectivity index (χ1v) is 6.69. The molecule has 2 aromatic carbocycles. The van der Waals surface area contributed by atoms with Gasteiger partial charge in [-0.2, -0.15) is 0 Å². The van der Waals surface area contributed by atoms with Gasteiger partial charge in [0.1, 0.15) is 0 Å². The first-order valence-electron chi connectivity index (χ1n) is 5.94. The van der Waals surface area contributed by atoms with Gasteiger partial charge < -0.3 is 5.32 Å². The fraction of sp³-hybridized carbons (Fsp3) is 0.0714. The van der Waals surface area contributed by atoms with Crippen LogP contribution in [0.3, 0.4) is 0 Å². The number of rotatable bonds is 4. The number of benzene rings is 2. The quantitative estimate of drug-likeness (QED) is 0.680. The third-order valence-electron chi connectivity index (χ3n) is 2.71. The summed E-state index contributed by atoms with van der Waals surface area (Å²) in [5.41, 5.74) is 1.07. The minimum atomic E-state index is -0.490. The highest BCUT2D eigenvalue weighted by atomic mass is 35.5. The van der Waals surface area contributed by atoms with Gasteiger partial charge in [-0.3, -0.25) is 14.9 Å². The number of carbonyl (C=O) groups excluding carboxylic acids is 1. The molecule has 0 aliphatic rings. The van der Waals surface area contributed by atoms with Crippen molar-refractivity contribution in [3.05, 3.63) is 68.2 Å². The van der Waals surface area contributed by atoms with Gasteiger partial charge in [0.15, 0.2) is 0 Å². The van der Waals surface area contributed by atoms with E-state index in [-0.39, 0.29) is 18.0 Å². The van der Waals surface area contributed by atoms with Gasteiger partial charge in [0, 0.05) is 17.2 Å². The molecule has 1 amide bonds. The van der Waals surface area contributed by atoms with Crippen LogP contribution in [-0.2, 0) is 11.2 Å². The average molecular weight is 325 g/mol. The number of nitro benzene ring substituents is 1. The molecule has 0 fully saturated rings. The van der Waals surface area contributed by atoms with Crippen molar-refractivity contribution in [3.8, 4) is 0 Å². The van der Waals surface area contributed by atoms with E-state index < -0.39 is 4.92 Å². The van der Waals surface area contributed by atoms with Crippen LogP contribution in [0.15, 0.2) is 42.5 Å². The van der Waals surface area contributed by atoms with Crippen LogP contribution in [0.25, 0.3) is 0 Å². The minimum absolute atomic E-state index is 0.0166. The first-order chi connectivity index (χ1) is 9.95. The third kappa shape index (κ3) is 4.18. The van der Waals surface area contributed by atoms with Crippen LogP contribution in [0.1, 0.15) is 5.56 Å². The lowest BCUT2D eigenvalue weighted by Crippen LogP contribution is -2.14. The molecule has 7 heteroatoms. The van der Waals surface area contributed by atoms with Crippen LogP contribution in [0.4, 0.5) is 11.4 Å². The lowest BCUT2D eigenvalue weighted by Gasteiger charge is -2.07. The maximum atomic E-state index is 11.9. The molecule has 0 heterocycles. The van der Waals surface area contributed by atoms with Gasteiger partial charge in [-0.05, 0) is 23.8 Å². The molecule has 0 saturated carbocycles. The Balaban J connectivity index is 2.04. The van der Waals surface area contributed by atoms with Crippen LogP contribution in [0.5, 0.6) is 0 Å². The number of hydrogen-bond acceptors (Lipinski definition) is 3. The molecule has 21 heavy (non-hydrogen) atoms. The van der Waals surface area contributed by atoms with Crippen molar-refractivity contribution in [1.29, 1.82) is 0 Å². The van der Waals surface area contributed by atoms with Gasteiger partial charge in [-0.1, -0.05) is 35.3 Å². The topological polar surface area (TPSA) is 72.2 Å². The molecule has 0 saturated heterocycles. The summed E-state index contributed by atoms with van der Waals surface area (Å²) in [5.74, 6) is -0.284. The minimum Gasteiger partial charge on any atom is -0.324 e. The number of halogens is 2. The van der Waals surface area contributed by atoms with Gasteiger partial charge in [-0.25, -0.2) is 0 Å². The number of nitrogens with zero attached hydrogens (tertiary/aromatic N) is 1. The summed E-state index contributed by atoms with van der Waals surface area (Å²) in [4.78, 5) is 22.0. The molecular formula is C14H10Cl2N2O3. The third-order valence-corrected chi connectivity index (χ3v) is 3.28. The maximum absolute atomic E-state index is 11.9. The van der Waals surface area contributed by atoms with E-state index in [0.717, 1.165) is 0 Å². The van der Waals surface area contributed by atoms with E-state index in [1.807, 2.05) is 0 Å². The second kappa shape index (κ2) is 6.56. The highest BCUT2D eigenvalue weighted by Gasteiger charge is 2.09. The number of nitro groups is 1. The van der Waals surface area contributed by atoms with E-state index in [0.29, 0.717) is 21.3 Å². The monoisotopic (exact) mass is 324 g/mol. The number of hydrogen-bond donors (Lipinski definition) is 1. The van der Waals surface area contributed by atoms with Gasteiger partial charge in [0.25, 0.3) is 5.69 Å². The van der Waals surface area contributed by atoms with E-state index in [9.17, 15) is 14.9 Å². The van der Waals surface area contributed by atoms with Gasteiger partial charge in [0.05, 0.1) is 22.1 Å². The summed E-state index contributed by atoms with van der Waals surface area (Å²) in [6, 6.07) is 10.6. The van der Waals surface area contributed by atoms with Crippen molar-refractivity contribution in [2.24, 2.45) is 0 Å². The normalized spacial score (nSPS) is 10.2. The summed E-state index contributed by atoms with van der Waals surface area (Å²) in [6.45, 7) is 0. The molecule has 108 valence electrons. The van der Waals surface area contributed by atoms with Crippen LogP contribution >= 0.6 is 23.2 Å². The summed E-state index contributed by atoms with van der Waals surface area (Å²) in [6.07, 6.45) is 0.0842. The molecule has 1 N–H and O–H groups in total. The van der Waals surface area contributed by atoms with Crippen LogP contribution < -0.4 is 5.32 Å². The fourth-order valence-corrected chi connectivity index (χ4v) is 2.05. The lowest BCUT2D eigenvalue weighted by atomic mass is 10.1. The number of non-ortho nitro benzene ring substituents is 1. The smallest absolute Gasteiger partial charge is 0.269 e. The van der Waals surface area contributed by atoms with Gasteiger partial charge in [-0.15, -0.1) is 0 Å². The van der Waals surface area contributed by atoms with Crippen LogP contribution in [0, 0.1) is 10.1 Å². The SMILES string of the molecule is O=C(Cc1ccc([N+](=O)[O-])cc1)Nc1cc(Cl)ccc1Cl. The number of nitrogens with one attached hydrogen (secondary N) is 1. The molecular weight excluding hydrogens is 315 g/mol. The van der Waals surface area contributed by atoms with Crippen molar-refractivity contribution in [1.82, 2.24) is 0 Å². The Morgan fingerprint density at radius 3 is 2.43 bits per heavy atom. The molecule has 0 aliphatic heterocycles. The number of anilines is 1. The Labute approximate surface area is 130 Å². The summed E-state index contributed by atoms with van der Waals surface area (Å²) < 4.78 is 0. The molecule has 0 bridgehead atoms. The van der Waals surface area contributed by atoms with E-state index >= 15 is 0 Å². The summed E-state index contributed by atoms with van der Waals surface area (Å²) >= 11 is 11.8. The largest absolute Gasteiger partial charge is 0.324 e. The van der Waals surface area contributed by atoms with Crippen LogP contribution in [0.2, 0.25) is 10.0 Å². The Morgan fingerprint density at radius 2 is 1.81 bits per heavy atom. The second-order valence-corrected chi connectivity index (χ2v) is 5.12. The number of carbonyl (C=O) groups is 1. The fourth-order valence-electron chi connectivity index (χ4n) is 1.71. The molecule has 0 aromatic heterocycles. The lowest BCUT2D eigenvalue weighted by molar-refractivity contribution is -0.384. The van der Waals surface area contributed by atoms with E-state index in [4.69, 9.17) is 23.2 Å². The molecule has 2 aromatic rings. The Kier molecular flexibility index (Phi) is 4.77. The zero-order valence-electron chi connectivity index (χ0n) is 10.7. The van der Waals surface area contributed by atoms with Gasteiger partial charge >= 0.3 is 0 Å².